The van der Waals surface area contributed by atoms with Crippen LogP contribution in [0, 0.1) is 0 Å². The fourth-order valence-corrected chi connectivity index (χ4v) is 4.54. The van der Waals surface area contributed by atoms with Crippen LogP contribution in [0.4, 0.5) is 5.69 Å². The van der Waals surface area contributed by atoms with Crippen LogP contribution in [0.3, 0.4) is 0 Å². The molecular formula is C22H24N4O2S. The number of hydrogen-bond donors (Lipinski definition) is 1. The molecule has 7 heteroatoms. The van der Waals surface area contributed by atoms with Crippen LogP contribution in [0.5, 0.6) is 5.75 Å². The molecule has 0 spiro atoms. The average molecular weight is 409 g/mol. The maximum Gasteiger partial charge on any atom is 0.234 e. The molecule has 0 saturated heterocycles. The number of ether oxygens (including phenoxy) is 1. The Labute approximate surface area is 174 Å². The Morgan fingerprint density at radius 3 is 2.69 bits per heavy atom. The quantitative estimate of drug-likeness (QED) is 0.614. The normalized spacial score (nSPS) is 14.0. The number of fused-ring (bicyclic) bond motifs is 3. The van der Waals surface area contributed by atoms with Gasteiger partial charge in [-0.25, -0.2) is 0 Å². The predicted octanol–water partition coefficient (Wildman–Crippen LogP) is 4.37. The molecule has 4 rings (SSSR count). The van der Waals surface area contributed by atoms with Crippen LogP contribution in [-0.2, 0) is 16.8 Å². The second-order valence-electron chi connectivity index (χ2n) is 7.58. The van der Waals surface area contributed by atoms with Crippen molar-refractivity contribution in [2.75, 3.05) is 17.7 Å². The molecule has 1 aliphatic heterocycles. The van der Waals surface area contributed by atoms with Crippen molar-refractivity contribution < 1.29 is 9.53 Å². The Hall–Kier alpha value is -2.80. The lowest BCUT2D eigenvalue weighted by Crippen LogP contribution is -2.33. The summed E-state index contributed by atoms with van der Waals surface area (Å²) in [6.07, 6.45) is 0.903. The Balaban J connectivity index is 1.46. The SMILES string of the molecule is CCOc1ccc(NC(=O)CSc2nnc3n2C(C)(C)Cc2ccccc2-3)cc1. The number of aromatic nitrogens is 3. The van der Waals surface area contributed by atoms with Gasteiger partial charge in [-0.1, -0.05) is 36.0 Å². The van der Waals surface area contributed by atoms with Crippen molar-refractivity contribution in [3.8, 4) is 17.1 Å². The van der Waals surface area contributed by atoms with Gasteiger partial charge in [0.25, 0.3) is 0 Å². The summed E-state index contributed by atoms with van der Waals surface area (Å²) >= 11 is 1.41. The molecule has 1 N–H and O–H groups in total. The first kappa shape index (κ1) is 19.5. The van der Waals surface area contributed by atoms with Crippen LogP contribution < -0.4 is 10.1 Å². The number of benzene rings is 2. The summed E-state index contributed by atoms with van der Waals surface area (Å²) in [4.78, 5) is 12.4. The Morgan fingerprint density at radius 1 is 1.17 bits per heavy atom. The second-order valence-corrected chi connectivity index (χ2v) is 8.52. The molecule has 2 aromatic carbocycles. The molecule has 6 nitrogen and oxygen atoms in total. The monoisotopic (exact) mass is 408 g/mol. The fraction of sp³-hybridized carbons (Fsp3) is 0.318. The van der Waals surface area contributed by atoms with Gasteiger partial charge in [-0.2, -0.15) is 0 Å². The second kappa shape index (κ2) is 7.91. The largest absolute Gasteiger partial charge is 0.494 e. The van der Waals surface area contributed by atoms with Crippen molar-refractivity contribution in [3.63, 3.8) is 0 Å². The van der Waals surface area contributed by atoms with Gasteiger partial charge in [-0.3, -0.25) is 9.36 Å². The minimum Gasteiger partial charge on any atom is -0.494 e. The smallest absolute Gasteiger partial charge is 0.234 e. The molecule has 0 aliphatic carbocycles. The number of amides is 1. The summed E-state index contributed by atoms with van der Waals surface area (Å²) in [5.41, 5.74) is 2.99. The Morgan fingerprint density at radius 2 is 1.93 bits per heavy atom. The summed E-state index contributed by atoms with van der Waals surface area (Å²) in [6, 6.07) is 15.7. The first-order chi connectivity index (χ1) is 14.0. The highest BCUT2D eigenvalue weighted by atomic mass is 32.2. The Kier molecular flexibility index (Phi) is 5.32. The van der Waals surface area contributed by atoms with E-state index in [4.69, 9.17) is 4.74 Å². The molecule has 3 aromatic rings. The fourth-order valence-electron chi connectivity index (χ4n) is 3.65. The van der Waals surface area contributed by atoms with E-state index in [1.54, 1.807) is 0 Å². The van der Waals surface area contributed by atoms with Crippen molar-refractivity contribution >= 4 is 23.4 Å². The predicted molar refractivity (Wildman–Crippen MR) is 115 cm³/mol. The minimum atomic E-state index is -0.152. The van der Waals surface area contributed by atoms with Crippen molar-refractivity contribution in [1.29, 1.82) is 0 Å². The van der Waals surface area contributed by atoms with E-state index in [-0.39, 0.29) is 17.2 Å². The molecule has 2 heterocycles. The number of rotatable bonds is 6. The molecule has 1 aromatic heterocycles. The summed E-state index contributed by atoms with van der Waals surface area (Å²) in [5, 5.41) is 12.5. The van der Waals surface area contributed by atoms with Crippen molar-refractivity contribution in [3.05, 3.63) is 54.1 Å². The highest BCUT2D eigenvalue weighted by molar-refractivity contribution is 7.99. The van der Waals surface area contributed by atoms with E-state index >= 15 is 0 Å². The number of nitrogens with one attached hydrogen (secondary N) is 1. The maximum absolute atomic E-state index is 12.4. The van der Waals surface area contributed by atoms with Gasteiger partial charge in [0, 0.05) is 16.8 Å². The summed E-state index contributed by atoms with van der Waals surface area (Å²) in [5.74, 6) is 1.84. The summed E-state index contributed by atoms with van der Waals surface area (Å²) in [6.45, 7) is 6.92. The van der Waals surface area contributed by atoms with Crippen LogP contribution in [0.2, 0.25) is 0 Å². The van der Waals surface area contributed by atoms with Gasteiger partial charge >= 0.3 is 0 Å². The van der Waals surface area contributed by atoms with Crippen LogP contribution in [-0.4, -0.2) is 33.0 Å². The summed E-state index contributed by atoms with van der Waals surface area (Å²) in [7, 11) is 0. The number of hydrogen-bond acceptors (Lipinski definition) is 5. The molecule has 1 aliphatic rings. The Bertz CT molecular complexity index is 1030. The molecule has 0 radical (unpaired) electrons. The lowest BCUT2D eigenvalue weighted by molar-refractivity contribution is -0.113. The van der Waals surface area contributed by atoms with E-state index in [9.17, 15) is 4.79 Å². The number of carbonyl (C=O) groups excluding carboxylic acids is 1. The van der Waals surface area contributed by atoms with Gasteiger partial charge < -0.3 is 10.1 Å². The van der Waals surface area contributed by atoms with E-state index in [1.165, 1.54) is 17.3 Å². The standard InChI is InChI=1S/C22H24N4O2S/c1-4-28-17-11-9-16(10-12-17)23-19(27)14-29-21-25-24-20-18-8-6-5-7-15(18)13-22(2,3)26(20)21/h5-12H,4,13-14H2,1-3H3,(H,23,27). The molecule has 0 saturated carbocycles. The lowest BCUT2D eigenvalue weighted by atomic mass is 9.87. The zero-order valence-electron chi connectivity index (χ0n) is 16.8. The number of nitrogens with zero attached hydrogens (tertiary/aromatic N) is 3. The molecule has 150 valence electrons. The van der Waals surface area contributed by atoms with E-state index in [2.05, 4.69) is 52.1 Å². The van der Waals surface area contributed by atoms with E-state index < -0.39 is 0 Å². The third-order valence-electron chi connectivity index (χ3n) is 4.90. The molecule has 29 heavy (non-hydrogen) atoms. The van der Waals surface area contributed by atoms with Gasteiger partial charge in [-0.15, -0.1) is 10.2 Å². The first-order valence-electron chi connectivity index (χ1n) is 9.67. The van der Waals surface area contributed by atoms with Crippen LogP contribution >= 0.6 is 11.8 Å². The van der Waals surface area contributed by atoms with Crippen LogP contribution in [0.15, 0.2) is 53.7 Å². The van der Waals surface area contributed by atoms with Gasteiger partial charge in [0.05, 0.1) is 12.4 Å². The molecule has 0 bridgehead atoms. The van der Waals surface area contributed by atoms with E-state index in [0.29, 0.717) is 6.61 Å². The van der Waals surface area contributed by atoms with Gasteiger partial charge in [0.2, 0.25) is 5.91 Å². The highest BCUT2D eigenvalue weighted by Crippen LogP contribution is 2.39. The number of thioether (sulfide) groups is 1. The third kappa shape index (κ3) is 4.00. The van der Waals surface area contributed by atoms with E-state index in [1.807, 2.05) is 37.3 Å². The zero-order chi connectivity index (χ0) is 20.4. The van der Waals surface area contributed by atoms with Crippen molar-refractivity contribution in [1.82, 2.24) is 14.8 Å². The average Bonchev–Trinajstić information content (AvgIpc) is 3.13. The lowest BCUT2D eigenvalue weighted by Gasteiger charge is -2.34. The minimum absolute atomic E-state index is 0.0782. The van der Waals surface area contributed by atoms with Gasteiger partial charge in [0.15, 0.2) is 11.0 Å². The van der Waals surface area contributed by atoms with Crippen LogP contribution in [0.1, 0.15) is 26.3 Å². The van der Waals surface area contributed by atoms with Gasteiger partial charge in [0.1, 0.15) is 5.75 Å². The number of anilines is 1. The van der Waals surface area contributed by atoms with E-state index in [0.717, 1.165) is 34.4 Å². The van der Waals surface area contributed by atoms with Crippen molar-refractivity contribution in [2.24, 2.45) is 0 Å². The first-order valence-corrected chi connectivity index (χ1v) is 10.7. The number of carbonyl (C=O) groups is 1. The third-order valence-corrected chi connectivity index (χ3v) is 5.83. The molecular weight excluding hydrogens is 384 g/mol. The van der Waals surface area contributed by atoms with Crippen molar-refractivity contribution in [2.45, 2.75) is 37.9 Å². The summed E-state index contributed by atoms with van der Waals surface area (Å²) < 4.78 is 7.58. The highest BCUT2D eigenvalue weighted by Gasteiger charge is 2.34. The maximum atomic E-state index is 12.4. The molecule has 0 unspecified atom stereocenters. The molecule has 1 amide bonds. The van der Waals surface area contributed by atoms with Gasteiger partial charge in [-0.05, 0) is 57.0 Å². The molecule has 0 atom stereocenters. The molecule has 0 fully saturated rings. The van der Waals surface area contributed by atoms with Crippen LogP contribution in [0.25, 0.3) is 11.4 Å². The topological polar surface area (TPSA) is 69.0 Å². The zero-order valence-corrected chi connectivity index (χ0v) is 17.6.